The molecular weight excluding hydrogens is 663 g/mol. The van der Waals surface area contributed by atoms with E-state index in [1.807, 2.05) is 12.1 Å². The number of carbonyl (C=O) groups is 4. The Labute approximate surface area is 292 Å². The molecule has 1 aromatic carbocycles. The Hall–Kier alpha value is -4.75. The summed E-state index contributed by atoms with van der Waals surface area (Å²) in [5, 5.41) is 9.28. The van der Waals surface area contributed by atoms with Gasteiger partial charge in [-0.25, -0.2) is 9.97 Å². The number of nitrogens with zero attached hydrogens (tertiary/aromatic N) is 7. The van der Waals surface area contributed by atoms with Crippen molar-refractivity contribution in [3.63, 3.8) is 0 Å². The van der Waals surface area contributed by atoms with Gasteiger partial charge in [0.25, 0.3) is 0 Å². The number of hydrogen-bond acceptors (Lipinski definition) is 8. The molecule has 1 saturated carbocycles. The van der Waals surface area contributed by atoms with Crippen LogP contribution in [0.4, 0.5) is 13.2 Å². The molecule has 2 bridgehead atoms. The number of aromatic nitrogens is 6. The van der Waals surface area contributed by atoms with Crippen molar-refractivity contribution in [2.24, 2.45) is 5.41 Å². The zero-order valence-corrected chi connectivity index (χ0v) is 28.7. The van der Waals surface area contributed by atoms with Crippen LogP contribution in [0.5, 0.6) is 0 Å². The maximum Gasteiger partial charge on any atom is 0.408 e. The number of carbonyl (C=O) groups excluding carboxylic acids is 4. The third-order valence-corrected chi connectivity index (χ3v) is 10.7. The highest BCUT2D eigenvalue weighted by atomic mass is 19.4. The quantitative estimate of drug-likeness (QED) is 0.231. The molecule has 51 heavy (non-hydrogen) atoms. The Morgan fingerprint density at radius 2 is 1.71 bits per heavy atom. The maximum atomic E-state index is 14.4. The van der Waals surface area contributed by atoms with Gasteiger partial charge >= 0.3 is 6.18 Å². The van der Waals surface area contributed by atoms with E-state index >= 15 is 0 Å². The van der Waals surface area contributed by atoms with Crippen LogP contribution in [-0.2, 0) is 40.3 Å². The van der Waals surface area contributed by atoms with Crippen molar-refractivity contribution in [1.29, 1.82) is 0 Å². The summed E-state index contributed by atoms with van der Waals surface area (Å²) in [6, 6.07) is 4.25. The second-order valence-corrected chi connectivity index (χ2v) is 14.4. The van der Waals surface area contributed by atoms with Gasteiger partial charge in [0.05, 0.1) is 23.7 Å². The van der Waals surface area contributed by atoms with E-state index in [9.17, 15) is 32.3 Å². The minimum atomic E-state index is -4.46. The smallest absolute Gasteiger partial charge is 0.327 e. The zero-order chi connectivity index (χ0) is 36.1. The summed E-state index contributed by atoms with van der Waals surface area (Å²) in [5.74, 6) is -0.0889. The number of ketones is 3. The molecule has 4 aromatic rings. The number of halogens is 3. The van der Waals surface area contributed by atoms with E-state index in [1.165, 1.54) is 19.2 Å². The third-order valence-electron chi connectivity index (χ3n) is 10.7. The van der Waals surface area contributed by atoms with Crippen LogP contribution in [-0.4, -0.2) is 75.9 Å². The highest BCUT2D eigenvalue weighted by molar-refractivity contribution is 6.07. The highest BCUT2D eigenvalue weighted by Crippen LogP contribution is 2.62. The molecule has 0 unspecified atom stereocenters. The molecule has 3 aromatic heterocycles. The summed E-state index contributed by atoms with van der Waals surface area (Å²) in [6.07, 6.45) is 6.53. The lowest BCUT2D eigenvalue weighted by Gasteiger charge is -2.27. The van der Waals surface area contributed by atoms with Gasteiger partial charge in [0.2, 0.25) is 5.91 Å². The Balaban J connectivity index is 1.25. The van der Waals surface area contributed by atoms with Crippen molar-refractivity contribution >= 4 is 34.2 Å². The predicted molar refractivity (Wildman–Crippen MR) is 180 cm³/mol. The summed E-state index contributed by atoms with van der Waals surface area (Å²) < 4.78 is 41.2. The third kappa shape index (κ3) is 7.22. The number of aryl methyl sites for hydroxylation is 2. The lowest BCUT2D eigenvalue weighted by atomic mass is 9.90. The molecule has 3 atom stereocenters. The summed E-state index contributed by atoms with van der Waals surface area (Å²) in [5.41, 5.74) is 3.27. The number of benzene rings is 1. The molecular formula is C37H40F3N7O4. The van der Waals surface area contributed by atoms with Crippen LogP contribution in [0.15, 0.2) is 36.8 Å². The predicted octanol–water partition coefficient (Wildman–Crippen LogP) is 5.79. The van der Waals surface area contributed by atoms with Gasteiger partial charge in [0.1, 0.15) is 30.4 Å². The number of hydrogen-bond donors (Lipinski definition) is 0. The van der Waals surface area contributed by atoms with Gasteiger partial charge < -0.3 is 4.90 Å². The summed E-state index contributed by atoms with van der Waals surface area (Å²) in [6.45, 7) is 1.77. The first-order valence-electron chi connectivity index (χ1n) is 17.6. The first-order chi connectivity index (χ1) is 24.3. The van der Waals surface area contributed by atoms with E-state index in [-0.39, 0.29) is 59.1 Å². The molecule has 1 aliphatic carbocycles. The van der Waals surface area contributed by atoms with E-state index in [1.54, 1.807) is 28.9 Å². The van der Waals surface area contributed by atoms with Gasteiger partial charge in [-0.1, -0.05) is 12.8 Å². The largest absolute Gasteiger partial charge is 0.408 e. The van der Waals surface area contributed by atoms with Crippen LogP contribution in [0.2, 0.25) is 0 Å². The number of rotatable bonds is 6. The van der Waals surface area contributed by atoms with Gasteiger partial charge in [-0.2, -0.15) is 23.4 Å². The Morgan fingerprint density at radius 1 is 0.961 bits per heavy atom. The molecule has 14 heteroatoms. The van der Waals surface area contributed by atoms with Crippen molar-refractivity contribution in [3.05, 3.63) is 59.6 Å². The molecule has 7 rings (SSSR count). The molecule has 0 radical (unpaired) electrons. The molecule has 11 nitrogen and oxygen atoms in total. The SMILES string of the molecule is CC(=O)c1nn2c3c(cc(-c4cnc(C)nc4)cc13)CCCCCCC(=O)CC[C@@]13C[C@@H](C(=O)Cc4ccn(CC(F)(F)F)n4)N(C(=O)C2)[C@@H]1C3. The number of amides is 1. The van der Waals surface area contributed by atoms with Crippen molar-refractivity contribution in [2.45, 2.75) is 116 Å². The van der Waals surface area contributed by atoms with Crippen molar-refractivity contribution in [3.8, 4) is 11.1 Å². The first-order valence-corrected chi connectivity index (χ1v) is 17.6. The van der Waals surface area contributed by atoms with Gasteiger partial charge in [0.15, 0.2) is 11.6 Å². The van der Waals surface area contributed by atoms with Gasteiger partial charge in [0, 0.05) is 55.3 Å². The second-order valence-electron chi connectivity index (χ2n) is 14.4. The molecule has 1 saturated heterocycles. The normalized spacial score (nSPS) is 23.0. The molecule has 268 valence electrons. The fraction of sp³-hybridized carbons (Fsp3) is 0.514. The van der Waals surface area contributed by atoms with Crippen LogP contribution in [0, 0.1) is 12.3 Å². The topological polar surface area (TPSA) is 133 Å². The fourth-order valence-corrected chi connectivity index (χ4v) is 8.09. The van der Waals surface area contributed by atoms with Crippen LogP contribution >= 0.6 is 0 Å². The van der Waals surface area contributed by atoms with Crippen molar-refractivity contribution in [1.82, 2.24) is 34.4 Å². The van der Waals surface area contributed by atoms with E-state index < -0.39 is 18.8 Å². The summed E-state index contributed by atoms with van der Waals surface area (Å²) in [4.78, 5) is 64.5. The molecule has 3 aliphatic rings. The fourth-order valence-electron chi connectivity index (χ4n) is 8.09. The second kappa shape index (κ2) is 13.4. The zero-order valence-electron chi connectivity index (χ0n) is 28.7. The minimum absolute atomic E-state index is 0.175. The van der Waals surface area contributed by atoms with Crippen LogP contribution in [0.1, 0.15) is 92.3 Å². The molecule has 0 N–H and O–H groups in total. The van der Waals surface area contributed by atoms with E-state index in [4.69, 9.17) is 5.10 Å². The van der Waals surface area contributed by atoms with E-state index in [0.29, 0.717) is 55.3 Å². The first kappa shape index (κ1) is 34.7. The molecule has 1 amide bonds. The highest BCUT2D eigenvalue weighted by Gasteiger charge is 2.66. The Kier molecular flexibility index (Phi) is 9.13. The van der Waals surface area contributed by atoms with Crippen LogP contribution in [0.3, 0.4) is 0 Å². The monoisotopic (exact) mass is 703 g/mol. The van der Waals surface area contributed by atoms with Gasteiger partial charge in [-0.05, 0) is 80.2 Å². The lowest BCUT2D eigenvalue weighted by molar-refractivity contribution is -0.142. The summed E-state index contributed by atoms with van der Waals surface area (Å²) in [7, 11) is 0. The van der Waals surface area contributed by atoms with Gasteiger partial charge in [-0.3, -0.25) is 28.5 Å². The number of alkyl halides is 3. The standard InChI is InChI=1S/C37H40F3N7O4/c1-22(48)34-29-14-25(26-18-41-23(2)42-19-26)13-24-7-5-3-4-6-8-28(49)9-11-36-16-30(31(50)15-27-10-12-45(43-27)21-37(38,39)40)47(32(36)17-36)33(51)20-46(44-34)35(24)29/h10,12-14,18-19,30,32H,3-9,11,15-17,20-21H2,1-2H3/t30-,32+,36-/m0/s1. The molecule has 2 aliphatic heterocycles. The Bertz CT molecular complexity index is 2020. The van der Waals surface area contributed by atoms with Crippen molar-refractivity contribution in [2.75, 3.05) is 0 Å². The number of piperidine rings is 1. The lowest BCUT2D eigenvalue weighted by Crippen LogP contribution is -2.45. The van der Waals surface area contributed by atoms with Gasteiger partial charge in [-0.15, -0.1) is 0 Å². The summed E-state index contributed by atoms with van der Waals surface area (Å²) >= 11 is 0. The Morgan fingerprint density at radius 3 is 2.43 bits per heavy atom. The van der Waals surface area contributed by atoms with E-state index in [0.717, 1.165) is 47.1 Å². The van der Waals surface area contributed by atoms with Crippen LogP contribution < -0.4 is 0 Å². The average Bonchev–Trinajstić information content (AvgIpc) is 3.32. The maximum absolute atomic E-state index is 14.4. The average molecular weight is 704 g/mol. The molecule has 0 spiro atoms. The van der Waals surface area contributed by atoms with Crippen LogP contribution in [0.25, 0.3) is 22.0 Å². The van der Waals surface area contributed by atoms with Crippen molar-refractivity contribution < 1.29 is 32.3 Å². The minimum Gasteiger partial charge on any atom is -0.327 e. The molecule has 2 fully saturated rings. The molecule has 5 heterocycles. The number of Topliss-reactive ketones (excluding diaryl/α,β-unsaturated/α-hetero) is 3. The van der Waals surface area contributed by atoms with E-state index in [2.05, 4.69) is 15.1 Å².